The fourth-order valence-electron chi connectivity index (χ4n) is 1.79. The van der Waals surface area contributed by atoms with Gasteiger partial charge < -0.3 is 9.47 Å². The Labute approximate surface area is 123 Å². The minimum absolute atomic E-state index is 0.0987. The molecule has 0 atom stereocenters. The summed E-state index contributed by atoms with van der Waals surface area (Å²) in [7, 11) is 1.64. The van der Waals surface area contributed by atoms with Gasteiger partial charge in [0, 0.05) is 18.0 Å². The van der Waals surface area contributed by atoms with E-state index < -0.39 is 0 Å². The minimum atomic E-state index is -0.0987. The van der Waals surface area contributed by atoms with Crippen LogP contribution >= 0.6 is 11.6 Å². The molecular weight excluding hydrogens is 276 g/mol. The summed E-state index contributed by atoms with van der Waals surface area (Å²) in [5.74, 6) is 1.78. The molecule has 0 saturated heterocycles. The fraction of sp³-hybridized carbons (Fsp3) is 0.333. The Hall–Kier alpha value is -1.81. The molecule has 0 aliphatic rings. The first-order valence-corrected chi connectivity index (χ1v) is 6.62. The van der Waals surface area contributed by atoms with E-state index >= 15 is 0 Å². The molecule has 106 valence electrons. The molecule has 1 aromatic carbocycles. The fourth-order valence-corrected chi connectivity index (χ4v) is 1.94. The highest BCUT2D eigenvalue weighted by Crippen LogP contribution is 2.37. The van der Waals surface area contributed by atoms with E-state index in [1.807, 2.05) is 18.2 Å². The number of hydrogen-bond acceptors (Lipinski definition) is 4. The molecule has 0 amide bonds. The van der Waals surface area contributed by atoms with Gasteiger partial charge in [-0.05, 0) is 23.6 Å². The normalized spacial score (nSPS) is 11.2. The minimum Gasteiger partial charge on any atom is -0.497 e. The van der Waals surface area contributed by atoms with Crippen molar-refractivity contribution in [2.75, 3.05) is 7.11 Å². The van der Waals surface area contributed by atoms with Crippen molar-refractivity contribution in [2.24, 2.45) is 0 Å². The van der Waals surface area contributed by atoms with Crippen LogP contribution in [0.2, 0.25) is 5.15 Å². The van der Waals surface area contributed by atoms with E-state index in [9.17, 15) is 0 Å². The van der Waals surface area contributed by atoms with Gasteiger partial charge in [-0.15, -0.1) is 0 Å². The summed E-state index contributed by atoms with van der Waals surface area (Å²) in [6, 6.07) is 5.65. The summed E-state index contributed by atoms with van der Waals surface area (Å²) in [5.41, 5.74) is 0.914. The third kappa shape index (κ3) is 3.20. The summed E-state index contributed by atoms with van der Waals surface area (Å²) >= 11 is 5.98. The van der Waals surface area contributed by atoms with Crippen molar-refractivity contribution in [2.45, 2.75) is 26.2 Å². The van der Waals surface area contributed by atoms with Crippen molar-refractivity contribution in [1.82, 2.24) is 9.97 Å². The average Bonchev–Trinajstić information content (AvgIpc) is 2.40. The van der Waals surface area contributed by atoms with Crippen LogP contribution in [0.25, 0.3) is 0 Å². The van der Waals surface area contributed by atoms with Crippen molar-refractivity contribution in [3.05, 3.63) is 41.3 Å². The molecule has 0 aliphatic carbocycles. The quantitative estimate of drug-likeness (QED) is 0.849. The van der Waals surface area contributed by atoms with Gasteiger partial charge in [-0.2, -0.15) is 0 Å². The molecule has 1 heterocycles. The summed E-state index contributed by atoms with van der Waals surface area (Å²) in [5, 5.41) is 0.239. The molecule has 0 radical (unpaired) electrons. The number of ether oxygens (including phenoxy) is 2. The Morgan fingerprint density at radius 1 is 1.10 bits per heavy atom. The number of methoxy groups -OCH3 is 1. The standard InChI is InChI=1S/C15H17ClN2O2/c1-15(2,3)11-9-10(19-4)5-6-12(11)20-14-13(16)17-7-8-18-14/h5-9H,1-4H3. The van der Waals surface area contributed by atoms with Crippen LogP contribution in [-0.2, 0) is 5.41 Å². The molecule has 0 fully saturated rings. The number of aromatic nitrogens is 2. The van der Waals surface area contributed by atoms with Crippen molar-refractivity contribution < 1.29 is 9.47 Å². The topological polar surface area (TPSA) is 44.2 Å². The average molecular weight is 293 g/mol. The maximum atomic E-state index is 5.98. The number of benzene rings is 1. The number of nitrogens with zero attached hydrogens (tertiary/aromatic N) is 2. The molecule has 0 saturated carbocycles. The van der Waals surface area contributed by atoms with E-state index in [-0.39, 0.29) is 10.6 Å². The highest BCUT2D eigenvalue weighted by atomic mass is 35.5. The van der Waals surface area contributed by atoms with Crippen LogP contribution in [-0.4, -0.2) is 17.1 Å². The van der Waals surface area contributed by atoms with Crippen LogP contribution in [0.1, 0.15) is 26.3 Å². The number of hydrogen-bond donors (Lipinski definition) is 0. The van der Waals surface area contributed by atoms with Crippen molar-refractivity contribution in [3.8, 4) is 17.4 Å². The van der Waals surface area contributed by atoms with Gasteiger partial charge in [0.25, 0.3) is 5.88 Å². The van der Waals surface area contributed by atoms with Gasteiger partial charge in [0.05, 0.1) is 7.11 Å². The first-order valence-electron chi connectivity index (χ1n) is 6.24. The molecular formula is C15H17ClN2O2. The van der Waals surface area contributed by atoms with E-state index in [0.717, 1.165) is 11.3 Å². The number of rotatable bonds is 3. The monoisotopic (exact) mass is 292 g/mol. The lowest BCUT2D eigenvalue weighted by atomic mass is 9.86. The second-order valence-corrected chi connectivity index (χ2v) is 5.72. The molecule has 2 aromatic rings. The zero-order chi connectivity index (χ0) is 14.8. The predicted molar refractivity (Wildman–Crippen MR) is 78.8 cm³/mol. The van der Waals surface area contributed by atoms with Crippen molar-refractivity contribution in [1.29, 1.82) is 0 Å². The van der Waals surface area contributed by atoms with Gasteiger partial charge in [0.1, 0.15) is 11.5 Å². The van der Waals surface area contributed by atoms with E-state index in [1.54, 1.807) is 13.3 Å². The van der Waals surface area contributed by atoms with Gasteiger partial charge in [0.2, 0.25) is 0 Å². The Kier molecular flexibility index (Phi) is 4.14. The van der Waals surface area contributed by atoms with Crippen LogP contribution in [0.5, 0.6) is 17.4 Å². The van der Waals surface area contributed by atoms with Crippen LogP contribution < -0.4 is 9.47 Å². The van der Waals surface area contributed by atoms with Crippen molar-refractivity contribution >= 4 is 11.6 Å². The van der Waals surface area contributed by atoms with E-state index in [1.165, 1.54) is 6.20 Å². The Balaban J connectivity index is 2.44. The maximum absolute atomic E-state index is 5.98. The zero-order valence-corrected chi connectivity index (χ0v) is 12.7. The molecule has 0 unspecified atom stereocenters. The molecule has 0 aliphatic heterocycles. The van der Waals surface area contributed by atoms with E-state index in [2.05, 4.69) is 30.7 Å². The molecule has 2 rings (SSSR count). The summed E-state index contributed by atoms with van der Waals surface area (Å²) in [6.45, 7) is 6.31. The van der Waals surface area contributed by atoms with Gasteiger partial charge in [-0.1, -0.05) is 32.4 Å². The number of halogens is 1. The predicted octanol–water partition coefficient (Wildman–Crippen LogP) is 4.23. The Bertz CT molecular complexity index is 609. The smallest absolute Gasteiger partial charge is 0.257 e. The highest BCUT2D eigenvalue weighted by molar-refractivity contribution is 6.30. The van der Waals surface area contributed by atoms with Gasteiger partial charge in [-0.3, -0.25) is 0 Å². The highest BCUT2D eigenvalue weighted by Gasteiger charge is 2.21. The van der Waals surface area contributed by atoms with Gasteiger partial charge >= 0.3 is 0 Å². The summed E-state index contributed by atoms with van der Waals surface area (Å²) in [4.78, 5) is 8.05. The first kappa shape index (κ1) is 14.6. The Morgan fingerprint density at radius 2 is 1.80 bits per heavy atom. The van der Waals surface area contributed by atoms with Gasteiger partial charge in [0.15, 0.2) is 5.15 Å². The molecule has 1 aromatic heterocycles. The van der Waals surface area contributed by atoms with Crippen LogP contribution in [0, 0.1) is 0 Å². The van der Waals surface area contributed by atoms with E-state index in [4.69, 9.17) is 21.1 Å². The maximum Gasteiger partial charge on any atom is 0.257 e. The van der Waals surface area contributed by atoms with E-state index in [0.29, 0.717) is 11.6 Å². The molecule has 20 heavy (non-hydrogen) atoms. The Morgan fingerprint density at radius 3 is 2.40 bits per heavy atom. The lowest BCUT2D eigenvalue weighted by Crippen LogP contribution is -2.13. The van der Waals surface area contributed by atoms with Crippen LogP contribution in [0.4, 0.5) is 0 Å². The van der Waals surface area contributed by atoms with Crippen molar-refractivity contribution in [3.63, 3.8) is 0 Å². The molecule has 0 bridgehead atoms. The third-order valence-corrected chi connectivity index (χ3v) is 3.08. The third-order valence-electron chi connectivity index (χ3n) is 2.82. The molecule has 0 N–H and O–H groups in total. The largest absolute Gasteiger partial charge is 0.497 e. The second-order valence-electron chi connectivity index (χ2n) is 5.37. The molecule has 4 nitrogen and oxygen atoms in total. The molecule has 0 spiro atoms. The molecule has 5 heteroatoms. The zero-order valence-electron chi connectivity index (χ0n) is 12.0. The first-order chi connectivity index (χ1) is 9.41. The summed E-state index contributed by atoms with van der Waals surface area (Å²) in [6.07, 6.45) is 3.06. The lowest BCUT2D eigenvalue weighted by Gasteiger charge is -2.23. The van der Waals surface area contributed by atoms with Crippen LogP contribution in [0.15, 0.2) is 30.6 Å². The van der Waals surface area contributed by atoms with Crippen LogP contribution in [0.3, 0.4) is 0 Å². The second kappa shape index (κ2) is 5.67. The SMILES string of the molecule is COc1ccc(Oc2nccnc2Cl)c(C(C)(C)C)c1. The summed E-state index contributed by atoms with van der Waals surface area (Å²) < 4.78 is 11.1. The van der Waals surface area contributed by atoms with Gasteiger partial charge in [-0.25, -0.2) is 9.97 Å². The lowest BCUT2D eigenvalue weighted by molar-refractivity contribution is 0.405.